The number of nitrogens with zero attached hydrogens (tertiary/aromatic N) is 1. The number of carboxylic acid groups (broad SMARTS) is 1. The second-order valence-corrected chi connectivity index (χ2v) is 4.72. The minimum Gasteiger partial charge on any atom is -0.480 e. The zero-order valence-corrected chi connectivity index (χ0v) is 11.0. The lowest BCUT2D eigenvalue weighted by atomic mass is 10.1. The monoisotopic (exact) mass is 243 g/mol. The third-order valence-corrected chi connectivity index (χ3v) is 3.43. The summed E-state index contributed by atoms with van der Waals surface area (Å²) in [5.41, 5.74) is 0. The van der Waals surface area contributed by atoms with Gasteiger partial charge in [-0.2, -0.15) is 0 Å². The van der Waals surface area contributed by atoms with Crippen LogP contribution in [0.4, 0.5) is 0 Å². The predicted molar refractivity (Wildman–Crippen MR) is 67.2 cm³/mol. The summed E-state index contributed by atoms with van der Waals surface area (Å²) in [4.78, 5) is 13.3. The summed E-state index contributed by atoms with van der Waals surface area (Å²) in [7, 11) is 0. The largest absolute Gasteiger partial charge is 0.480 e. The van der Waals surface area contributed by atoms with E-state index in [1.807, 2.05) is 11.8 Å². The molecule has 1 N–H and O–H groups in total. The van der Waals surface area contributed by atoms with Crippen LogP contribution in [0, 0.1) is 0 Å². The molecule has 0 aromatic carbocycles. The van der Waals surface area contributed by atoms with Crippen LogP contribution in [0.25, 0.3) is 0 Å². The summed E-state index contributed by atoms with van der Waals surface area (Å²) in [5, 5.41) is 9.29. The molecule has 0 aliphatic carbocycles. The van der Waals surface area contributed by atoms with Gasteiger partial charge in [-0.15, -0.1) is 0 Å². The summed E-state index contributed by atoms with van der Waals surface area (Å²) in [6.45, 7) is 6.48. The van der Waals surface area contributed by atoms with Gasteiger partial charge in [0.2, 0.25) is 0 Å². The average molecular weight is 243 g/mol. The summed E-state index contributed by atoms with van der Waals surface area (Å²) >= 11 is 0. The van der Waals surface area contributed by atoms with Crippen LogP contribution in [0.1, 0.15) is 46.0 Å². The molecule has 100 valence electrons. The maximum atomic E-state index is 11.3. The molecule has 1 saturated heterocycles. The van der Waals surface area contributed by atoms with E-state index < -0.39 is 5.97 Å². The van der Waals surface area contributed by atoms with E-state index >= 15 is 0 Å². The maximum absolute atomic E-state index is 11.3. The zero-order chi connectivity index (χ0) is 12.7. The molecule has 4 heteroatoms. The fourth-order valence-corrected chi connectivity index (χ4v) is 2.39. The van der Waals surface area contributed by atoms with Gasteiger partial charge in [0.05, 0.1) is 6.10 Å². The van der Waals surface area contributed by atoms with Gasteiger partial charge in [-0.1, -0.05) is 26.7 Å². The van der Waals surface area contributed by atoms with Crippen molar-refractivity contribution in [1.82, 2.24) is 4.90 Å². The van der Waals surface area contributed by atoms with Crippen molar-refractivity contribution in [3.63, 3.8) is 0 Å². The highest BCUT2D eigenvalue weighted by atomic mass is 16.5. The van der Waals surface area contributed by atoms with E-state index in [0.29, 0.717) is 0 Å². The van der Waals surface area contributed by atoms with Gasteiger partial charge in [0.15, 0.2) is 0 Å². The van der Waals surface area contributed by atoms with Crippen molar-refractivity contribution >= 4 is 5.97 Å². The summed E-state index contributed by atoms with van der Waals surface area (Å²) in [6, 6.07) is -0.343. The molecule has 1 rings (SSSR count). The minimum atomic E-state index is -0.696. The molecule has 0 spiro atoms. The van der Waals surface area contributed by atoms with Crippen LogP contribution in [0.3, 0.4) is 0 Å². The first-order valence-electron chi connectivity index (χ1n) is 6.77. The van der Waals surface area contributed by atoms with Crippen molar-refractivity contribution in [3.05, 3.63) is 0 Å². The van der Waals surface area contributed by atoms with Crippen LogP contribution in [0.2, 0.25) is 0 Å². The number of aliphatic carboxylic acids is 1. The van der Waals surface area contributed by atoms with Crippen LogP contribution in [-0.2, 0) is 9.53 Å². The zero-order valence-electron chi connectivity index (χ0n) is 11.0. The van der Waals surface area contributed by atoms with Crippen LogP contribution in [0.15, 0.2) is 0 Å². The summed E-state index contributed by atoms with van der Waals surface area (Å²) in [5.74, 6) is -0.696. The Balaban J connectivity index is 2.50. The van der Waals surface area contributed by atoms with Crippen LogP contribution >= 0.6 is 0 Å². The van der Waals surface area contributed by atoms with Crippen LogP contribution < -0.4 is 0 Å². The highest BCUT2D eigenvalue weighted by molar-refractivity contribution is 5.73. The van der Waals surface area contributed by atoms with E-state index in [1.165, 1.54) is 0 Å². The number of unbranched alkanes of at least 4 members (excludes halogenated alkanes) is 1. The number of carboxylic acids is 1. The van der Waals surface area contributed by atoms with Gasteiger partial charge in [-0.25, -0.2) is 0 Å². The average Bonchev–Trinajstić information content (AvgIpc) is 2.80. The SMILES string of the molecule is CCCCC(C(=O)O)N(CC)CC1CCCO1. The van der Waals surface area contributed by atoms with E-state index in [1.54, 1.807) is 0 Å². The fraction of sp³-hybridized carbons (Fsp3) is 0.923. The molecule has 0 bridgehead atoms. The van der Waals surface area contributed by atoms with Crippen molar-refractivity contribution < 1.29 is 14.6 Å². The Morgan fingerprint density at radius 3 is 2.76 bits per heavy atom. The molecule has 0 amide bonds. The Morgan fingerprint density at radius 2 is 2.29 bits per heavy atom. The van der Waals surface area contributed by atoms with Gasteiger partial charge >= 0.3 is 5.97 Å². The third-order valence-electron chi connectivity index (χ3n) is 3.43. The van der Waals surface area contributed by atoms with E-state index in [9.17, 15) is 9.90 Å². The number of likely N-dealkylation sites (N-methyl/N-ethyl adjacent to an activating group) is 1. The molecule has 0 aromatic heterocycles. The van der Waals surface area contributed by atoms with Crippen molar-refractivity contribution in [2.45, 2.75) is 58.1 Å². The molecule has 1 fully saturated rings. The summed E-state index contributed by atoms with van der Waals surface area (Å²) in [6.07, 6.45) is 5.16. The molecule has 0 radical (unpaired) electrons. The Hall–Kier alpha value is -0.610. The number of ether oxygens (including phenoxy) is 1. The number of hydrogen-bond acceptors (Lipinski definition) is 3. The van der Waals surface area contributed by atoms with E-state index in [-0.39, 0.29) is 12.1 Å². The van der Waals surface area contributed by atoms with Crippen molar-refractivity contribution in [2.24, 2.45) is 0 Å². The lowest BCUT2D eigenvalue weighted by molar-refractivity contribution is -0.144. The fourth-order valence-electron chi connectivity index (χ4n) is 2.39. The Morgan fingerprint density at radius 1 is 1.53 bits per heavy atom. The second kappa shape index (κ2) is 7.67. The molecule has 1 heterocycles. The Labute approximate surface area is 104 Å². The van der Waals surface area contributed by atoms with Gasteiger partial charge in [0.1, 0.15) is 6.04 Å². The molecule has 2 unspecified atom stereocenters. The van der Waals surface area contributed by atoms with Gasteiger partial charge in [0.25, 0.3) is 0 Å². The van der Waals surface area contributed by atoms with Crippen molar-refractivity contribution in [2.75, 3.05) is 19.7 Å². The molecular weight excluding hydrogens is 218 g/mol. The molecule has 2 atom stereocenters. The molecular formula is C13H25NO3. The highest BCUT2D eigenvalue weighted by Crippen LogP contribution is 2.17. The van der Waals surface area contributed by atoms with Crippen LogP contribution in [0.5, 0.6) is 0 Å². The number of carbonyl (C=O) groups is 1. The third kappa shape index (κ3) is 4.64. The highest BCUT2D eigenvalue weighted by Gasteiger charge is 2.27. The first kappa shape index (κ1) is 14.5. The normalized spacial score (nSPS) is 21.9. The standard InChI is InChI=1S/C13H25NO3/c1-3-5-8-12(13(15)16)14(4-2)10-11-7-6-9-17-11/h11-12H,3-10H2,1-2H3,(H,15,16). The van der Waals surface area contributed by atoms with Crippen molar-refractivity contribution in [3.8, 4) is 0 Å². The Kier molecular flexibility index (Phi) is 6.52. The smallest absolute Gasteiger partial charge is 0.320 e. The second-order valence-electron chi connectivity index (χ2n) is 4.72. The maximum Gasteiger partial charge on any atom is 0.320 e. The van der Waals surface area contributed by atoms with Gasteiger partial charge in [-0.05, 0) is 25.8 Å². The topological polar surface area (TPSA) is 49.8 Å². The molecule has 0 aromatic rings. The first-order chi connectivity index (χ1) is 8.19. The van der Waals surface area contributed by atoms with E-state index in [2.05, 4.69) is 6.92 Å². The predicted octanol–water partition coefficient (Wildman–Crippen LogP) is 2.13. The van der Waals surface area contributed by atoms with E-state index in [0.717, 1.165) is 51.8 Å². The Bertz CT molecular complexity index is 227. The molecule has 0 saturated carbocycles. The molecule has 1 aliphatic rings. The van der Waals surface area contributed by atoms with Crippen LogP contribution in [-0.4, -0.2) is 47.8 Å². The molecule has 4 nitrogen and oxygen atoms in total. The quantitative estimate of drug-likeness (QED) is 0.709. The number of hydrogen-bond donors (Lipinski definition) is 1. The lowest BCUT2D eigenvalue weighted by Crippen LogP contribution is -2.44. The van der Waals surface area contributed by atoms with Gasteiger partial charge in [-0.3, -0.25) is 9.69 Å². The van der Waals surface area contributed by atoms with Gasteiger partial charge < -0.3 is 9.84 Å². The van der Waals surface area contributed by atoms with Gasteiger partial charge in [0, 0.05) is 13.2 Å². The minimum absolute atomic E-state index is 0.235. The lowest BCUT2D eigenvalue weighted by Gasteiger charge is -2.29. The molecule has 17 heavy (non-hydrogen) atoms. The van der Waals surface area contributed by atoms with E-state index in [4.69, 9.17) is 4.74 Å². The number of rotatable bonds is 8. The first-order valence-corrected chi connectivity index (χ1v) is 6.77. The van der Waals surface area contributed by atoms with Crippen molar-refractivity contribution in [1.29, 1.82) is 0 Å². The molecule has 1 aliphatic heterocycles. The summed E-state index contributed by atoms with van der Waals surface area (Å²) < 4.78 is 5.59.